The molecule has 0 aliphatic carbocycles. The number of rotatable bonds is 6. The molecule has 1 unspecified atom stereocenters. The molecule has 0 aromatic heterocycles. The zero-order chi connectivity index (χ0) is 16.8. The van der Waals surface area contributed by atoms with Crippen LogP contribution in [0.1, 0.15) is 16.8 Å². The first-order valence-corrected chi connectivity index (χ1v) is 7.22. The van der Waals surface area contributed by atoms with E-state index in [9.17, 15) is 14.4 Å². The number of aliphatic hydroxyl groups is 1. The zero-order valence-corrected chi connectivity index (χ0v) is 12.5. The molecule has 23 heavy (non-hydrogen) atoms. The van der Waals surface area contributed by atoms with Gasteiger partial charge in [-0.25, -0.2) is 0 Å². The summed E-state index contributed by atoms with van der Waals surface area (Å²) < 4.78 is 5.33. The minimum atomic E-state index is -0.847. The highest BCUT2D eigenvalue weighted by Gasteiger charge is 2.31. The maximum Gasteiger partial charge on any atom is 0.252 e. The zero-order valence-electron chi connectivity index (χ0n) is 12.5. The summed E-state index contributed by atoms with van der Waals surface area (Å²) in [4.78, 5) is 36.5. The summed E-state index contributed by atoms with van der Waals surface area (Å²) >= 11 is 0. The third-order valence-corrected chi connectivity index (χ3v) is 3.46. The van der Waals surface area contributed by atoms with Crippen molar-refractivity contribution in [2.75, 3.05) is 31.6 Å². The average molecular weight is 321 g/mol. The Morgan fingerprint density at radius 2 is 2.04 bits per heavy atom. The van der Waals surface area contributed by atoms with E-state index in [-0.39, 0.29) is 31.4 Å². The fraction of sp³-hybridized carbons (Fsp3) is 0.400. The smallest absolute Gasteiger partial charge is 0.252 e. The molecule has 4 N–H and O–H groups in total. The number of β-amino-alcohol motifs (C(OH)–C–C–N with tert-alkyl or cyclic N) is 1. The van der Waals surface area contributed by atoms with E-state index in [1.54, 1.807) is 12.1 Å². The Morgan fingerprint density at radius 3 is 2.65 bits per heavy atom. The van der Waals surface area contributed by atoms with Crippen LogP contribution in [0.4, 0.5) is 5.69 Å². The van der Waals surface area contributed by atoms with Gasteiger partial charge in [0.1, 0.15) is 6.10 Å². The van der Waals surface area contributed by atoms with Gasteiger partial charge in [-0.2, -0.15) is 0 Å². The third kappa shape index (κ3) is 4.51. The number of nitrogens with zero attached hydrogens (tertiary/aromatic N) is 1. The molecular formula is C15H19N3O5. The Hall–Kier alpha value is -2.45. The van der Waals surface area contributed by atoms with Crippen LogP contribution in [0.3, 0.4) is 0 Å². The van der Waals surface area contributed by atoms with Crippen LogP contribution >= 0.6 is 0 Å². The first-order chi connectivity index (χ1) is 11.0. The van der Waals surface area contributed by atoms with Gasteiger partial charge in [0.2, 0.25) is 11.8 Å². The number of carbonyl (C=O) groups is 3. The van der Waals surface area contributed by atoms with Crippen LogP contribution < -0.4 is 11.1 Å². The molecule has 0 spiro atoms. The van der Waals surface area contributed by atoms with Crippen LogP contribution in [-0.2, 0) is 14.3 Å². The minimum Gasteiger partial charge on any atom is -0.395 e. The molecule has 1 aromatic rings. The maximum absolute atomic E-state index is 12.1. The molecule has 0 bridgehead atoms. The molecule has 2 rings (SSSR count). The second kappa shape index (κ2) is 7.70. The Morgan fingerprint density at radius 1 is 1.35 bits per heavy atom. The average Bonchev–Trinajstić information content (AvgIpc) is 2.52. The van der Waals surface area contributed by atoms with Crippen molar-refractivity contribution in [3.63, 3.8) is 0 Å². The van der Waals surface area contributed by atoms with Gasteiger partial charge >= 0.3 is 0 Å². The van der Waals surface area contributed by atoms with Gasteiger partial charge in [0, 0.05) is 24.3 Å². The number of anilines is 1. The first kappa shape index (κ1) is 16.9. The van der Waals surface area contributed by atoms with Crippen molar-refractivity contribution in [3.05, 3.63) is 29.8 Å². The lowest BCUT2D eigenvalue weighted by molar-refractivity contribution is -0.155. The highest BCUT2D eigenvalue weighted by molar-refractivity contribution is 5.96. The van der Waals surface area contributed by atoms with Gasteiger partial charge in [-0.3, -0.25) is 14.4 Å². The van der Waals surface area contributed by atoms with Crippen LogP contribution in [0.2, 0.25) is 0 Å². The van der Waals surface area contributed by atoms with E-state index in [1.165, 1.54) is 17.0 Å². The number of amides is 3. The van der Waals surface area contributed by atoms with Gasteiger partial charge in [0.15, 0.2) is 0 Å². The predicted molar refractivity (Wildman–Crippen MR) is 81.6 cm³/mol. The van der Waals surface area contributed by atoms with Crippen molar-refractivity contribution >= 4 is 23.4 Å². The van der Waals surface area contributed by atoms with E-state index < -0.39 is 12.0 Å². The van der Waals surface area contributed by atoms with Crippen molar-refractivity contribution < 1.29 is 24.2 Å². The largest absolute Gasteiger partial charge is 0.395 e. The van der Waals surface area contributed by atoms with Crippen LogP contribution in [-0.4, -0.2) is 60.1 Å². The van der Waals surface area contributed by atoms with Gasteiger partial charge in [0.25, 0.3) is 5.91 Å². The molecule has 3 amide bonds. The fourth-order valence-corrected chi connectivity index (χ4v) is 2.28. The molecule has 1 aromatic carbocycles. The highest BCUT2D eigenvalue weighted by atomic mass is 16.5. The molecule has 1 fully saturated rings. The molecule has 8 nitrogen and oxygen atoms in total. The van der Waals surface area contributed by atoms with E-state index in [0.29, 0.717) is 24.4 Å². The molecule has 1 atom stereocenters. The topological polar surface area (TPSA) is 122 Å². The Balaban J connectivity index is 1.91. The lowest BCUT2D eigenvalue weighted by Crippen LogP contribution is -2.49. The molecular weight excluding hydrogens is 302 g/mol. The van der Waals surface area contributed by atoms with E-state index in [0.717, 1.165) is 0 Å². The number of primary amides is 1. The number of carbonyl (C=O) groups excluding carboxylic acids is 3. The Kier molecular flexibility index (Phi) is 5.67. The summed E-state index contributed by atoms with van der Waals surface area (Å²) in [6.07, 6.45) is -0.960. The third-order valence-electron chi connectivity index (χ3n) is 3.46. The summed E-state index contributed by atoms with van der Waals surface area (Å²) in [5.41, 5.74) is 5.98. The van der Waals surface area contributed by atoms with Crippen molar-refractivity contribution in [2.45, 2.75) is 12.5 Å². The summed E-state index contributed by atoms with van der Waals surface area (Å²) in [6.45, 7) is 0.842. The van der Waals surface area contributed by atoms with E-state index in [1.807, 2.05) is 0 Å². The van der Waals surface area contributed by atoms with Crippen molar-refractivity contribution in [3.8, 4) is 0 Å². The van der Waals surface area contributed by atoms with Gasteiger partial charge < -0.3 is 25.8 Å². The Labute approximate surface area is 133 Å². The minimum absolute atomic E-state index is 0.113. The quantitative estimate of drug-likeness (QED) is 0.642. The lowest BCUT2D eigenvalue weighted by atomic mass is 10.1. The Bertz CT molecular complexity index is 585. The number of aliphatic hydroxyl groups excluding tert-OH is 1. The summed E-state index contributed by atoms with van der Waals surface area (Å²) in [5, 5.41) is 11.5. The summed E-state index contributed by atoms with van der Waals surface area (Å²) in [5.74, 6) is -1.22. The number of morpholine rings is 1. The molecule has 1 saturated heterocycles. The summed E-state index contributed by atoms with van der Waals surface area (Å²) in [7, 11) is 0. The number of hydrogen-bond donors (Lipinski definition) is 3. The van der Waals surface area contributed by atoms with Crippen LogP contribution in [0.15, 0.2) is 24.3 Å². The molecule has 1 aliphatic rings. The number of nitrogens with one attached hydrogen (secondary N) is 1. The van der Waals surface area contributed by atoms with Crippen molar-refractivity contribution in [1.29, 1.82) is 0 Å². The van der Waals surface area contributed by atoms with Crippen molar-refractivity contribution in [2.24, 2.45) is 5.73 Å². The van der Waals surface area contributed by atoms with Gasteiger partial charge in [-0.15, -0.1) is 0 Å². The number of hydrogen-bond acceptors (Lipinski definition) is 5. The monoisotopic (exact) mass is 321 g/mol. The SMILES string of the molecule is NC(=O)c1ccc(NC(=O)CC2OCCN(CCO)C2=O)cc1. The number of benzene rings is 1. The molecule has 8 heteroatoms. The summed E-state index contributed by atoms with van der Waals surface area (Å²) in [6, 6.07) is 6.12. The van der Waals surface area contributed by atoms with E-state index >= 15 is 0 Å². The van der Waals surface area contributed by atoms with Crippen LogP contribution in [0.5, 0.6) is 0 Å². The second-order valence-electron chi connectivity index (χ2n) is 5.10. The predicted octanol–water partition coefficient (Wildman–Crippen LogP) is -0.666. The number of ether oxygens (including phenoxy) is 1. The molecule has 0 radical (unpaired) electrons. The molecule has 1 aliphatic heterocycles. The maximum atomic E-state index is 12.1. The molecule has 124 valence electrons. The van der Waals surface area contributed by atoms with Gasteiger partial charge in [-0.05, 0) is 24.3 Å². The van der Waals surface area contributed by atoms with Crippen LogP contribution in [0.25, 0.3) is 0 Å². The van der Waals surface area contributed by atoms with Crippen molar-refractivity contribution in [1.82, 2.24) is 4.90 Å². The standard InChI is InChI=1S/C15H19N3O5/c16-14(21)10-1-3-11(4-2-10)17-13(20)9-12-15(22)18(5-7-19)6-8-23-12/h1-4,12,19H,5-9H2,(H2,16,21)(H,17,20). The number of nitrogens with two attached hydrogens (primary N) is 1. The van der Waals surface area contributed by atoms with Gasteiger partial charge in [0.05, 0.1) is 19.6 Å². The lowest BCUT2D eigenvalue weighted by Gasteiger charge is -2.31. The molecule has 0 saturated carbocycles. The first-order valence-electron chi connectivity index (χ1n) is 7.22. The second-order valence-corrected chi connectivity index (χ2v) is 5.10. The van der Waals surface area contributed by atoms with E-state index in [4.69, 9.17) is 15.6 Å². The van der Waals surface area contributed by atoms with E-state index in [2.05, 4.69) is 5.32 Å². The molecule has 1 heterocycles. The highest BCUT2D eigenvalue weighted by Crippen LogP contribution is 2.13. The normalized spacial score (nSPS) is 17.9. The van der Waals surface area contributed by atoms with Gasteiger partial charge in [-0.1, -0.05) is 0 Å². The van der Waals surface area contributed by atoms with Crippen LogP contribution in [0, 0.1) is 0 Å². The fourth-order valence-electron chi connectivity index (χ4n) is 2.28.